The van der Waals surface area contributed by atoms with Gasteiger partial charge in [-0.05, 0) is 22.8 Å². The number of hydrogen-bond donors (Lipinski definition) is 1. The summed E-state index contributed by atoms with van der Waals surface area (Å²) in [4.78, 5) is 24.6. The van der Waals surface area contributed by atoms with E-state index in [4.69, 9.17) is 9.47 Å². The van der Waals surface area contributed by atoms with Crippen LogP contribution in [0.5, 0.6) is 5.75 Å². The first kappa shape index (κ1) is 21.1. The molecule has 30 heavy (non-hydrogen) atoms. The van der Waals surface area contributed by atoms with Crippen molar-refractivity contribution in [2.45, 2.75) is 18.9 Å². The van der Waals surface area contributed by atoms with Crippen molar-refractivity contribution in [1.29, 1.82) is 0 Å². The molecule has 0 radical (unpaired) electrons. The fourth-order valence-electron chi connectivity index (χ4n) is 3.17. The van der Waals surface area contributed by atoms with E-state index in [0.29, 0.717) is 18.6 Å². The Morgan fingerprint density at radius 1 is 0.833 bits per heavy atom. The lowest BCUT2D eigenvalue weighted by Gasteiger charge is -2.17. The molecule has 0 spiro atoms. The predicted octanol–water partition coefficient (Wildman–Crippen LogP) is 3.56. The number of hydrogen-bond acceptors (Lipinski definition) is 4. The normalized spacial score (nSPS) is 11.4. The largest absolute Gasteiger partial charge is 0.483 e. The Balaban J connectivity index is 1.61. The molecule has 1 amide bonds. The molecule has 0 aromatic heterocycles. The lowest BCUT2D eigenvalue weighted by atomic mass is 10.0. The molecule has 3 aromatic rings. The van der Waals surface area contributed by atoms with Gasteiger partial charge in [0.1, 0.15) is 11.8 Å². The van der Waals surface area contributed by atoms with Gasteiger partial charge in [0.15, 0.2) is 6.61 Å². The van der Waals surface area contributed by atoms with Crippen LogP contribution in [-0.2, 0) is 27.2 Å². The van der Waals surface area contributed by atoms with E-state index in [-0.39, 0.29) is 12.5 Å². The Hall–Kier alpha value is -3.60. The molecule has 5 heteroatoms. The van der Waals surface area contributed by atoms with Crippen LogP contribution in [0.25, 0.3) is 0 Å². The molecule has 0 aliphatic heterocycles. The minimum absolute atomic E-state index is 0.186. The van der Waals surface area contributed by atoms with Crippen LogP contribution in [0.3, 0.4) is 0 Å². The minimum Gasteiger partial charge on any atom is -0.483 e. The van der Waals surface area contributed by atoms with Gasteiger partial charge in [-0.25, -0.2) is 4.79 Å². The van der Waals surface area contributed by atoms with E-state index in [1.54, 1.807) is 0 Å². The third-order valence-electron chi connectivity index (χ3n) is 4.67. The maximum absolute atomic E-state index is 12.5. The van der Waals surface area contributed by atoms with Crippen molar-refractivity contribution >= 4 is 11.9 Å². The number of ether oxygens (including phenoxy) is 2. The summed E-state index contributed by atoms with van der Waals surface area (Å²) in [6, 6.07) is 26.4. The molecule has 154 valence electrons. The summed E-state index contributed by atoms with van der Waals surface area (Å²) in [5, 5.41) is 2.72. The molecule has 0 heterocycles. The SMILES string of the molecule is COC(=O)[C@@H](Cc1ccccc1)NC(=O)COc1ccccc1Cc1ccccc1. The van der Waals surface area contributed by atoms with E-state index >= 15 is 0 Å². The number of methoxy groups -OCH3 is 1. The molecule has 0 fully saturated rings. The summed E-state index contributed by atoms with van der Waals surface area (Å²) in [5.41, 5.74) is 3.08. The van der Waals surface area contributed by atoms with E-state index in [9.17, 15) is 9.59 Å². The second-order valence-electron chi connectivity index (χ2n) is 6.89. The molecular formula is C25H25NO4. The van der Waals surface area contributed by atoms with Crippen LogP contribution < -0.4 is 10.1 Å². The average Bonchev–Trinajstić information content (AvgIpc) is 2.79. The highest BCUT2D eigenvalue weighted by Gasteiger charge is 2.22. The maximum Gasteiger partial charge on any atom is 0.328 e. The number of carbonyl (C=O) groups excluding carboxylic acids is 2. The van der Waals surface area contributed by atoms with Crippen molar-refractivity contribution < 1.29 is 19.1 Å². The number of carbonyl (C=O) groups is 2. The Kier molecular flexibility index (Phi) is 7.61. The monoisotopic (exact) mass is 403 g/mol. The maximum atomic E-state index is 12.5. The third kappa shape index (κ3) is 6.21. The highest BCUT2D eigenvalue weighted by atomic mass is 16.5. The van der Waals surface area contributed by atoms with Gasteiger partial charge in [-0.3, -0.25) is 4.79 Å². The van der Waals surface area contributed by atoms with Crippen molar-refractivity contribution in [3.8, 4) is 5.75 Å². The van der Waals surface area contributed by atoms with Crippen molar-refractivity contribution in [2.24, 2.45) is 0 Å². The molecule has 3 rings (SSSR count). The van der Waals surface area contributed by atoms with Crippen LogP contribution in [0, 0.1) is 0 Å². The zero-order valence-electron chi connectivity index (χ0n) is 16.9. The number of nitrogens with one attached hydrogen (secondary N) is 1. The number of rotatable bonds is 9. The zero-order valence-corrected chi connectivity index (χ0v) is 16.9. The molecule has 0 saturated heterocycles. The van der Waals surface area contributed by atoms with Gasteiger partial charge in [-0.15, -0.1) is 0 Å². The second kappa shape index (κ2) is 10.8. The van der Waals surface area contributed by atoms with Crippen LogP contribution in [0.2, 0.25) is 0 Å². The molecule has 0 unspecified atom stereocenters. The summed E-state index contributed by atoms with van der Waals surface area (Å²) in [7, 11) is 1.31. The Morgan fingerprint density at radius 2 is 1.43 bits per heavy atom. The molecule has 0 aliphatic rings. The van der Waals surface area contributed by atoms with Crippen molar-refractivity contribution in [3.63, 3.8) is 0 Å². The molecule has 1 atom stereocenters. The van der Waals surface area contributed by atoms with Gasteiger partial charge >= 0.3 is 5.97 Å². The summed E-state index contributed by atoms with van der Waals surface area (Å²) in [6.07, 6.45) is 1.06. The molecule has 0 saturated carbocycles. The van der Waals surface area contributed by atoms with E-state index in [1.165, 1.54) is 7.11 Å². The van der Waals surface area contributed by atoms with Crippen molar-refractivity contribution in [3.05, 3.63) is 102 Å². The first-order chi connectivity index (χ1) is 14.7. The van der Waals surface area contributed by atoms with Crippen LogP contribution in [0.1, 0.15) is 16.7 Å². The standard InChI is InChI=1S/C25H25NO4/c1-29-25(28)22(17-20-12-6-3-7-13-20)26-24(27)18-30-23-15-9-8-14-21(23)16-19-10-4-2-5-11-19/h2-15,22H,16-18H2,1H3,(H,26,27)/t22-/m1/s1. The number of esters is 1. The highest BCUT2D eigenvalue weighted by molar-refractivity contribution is 5.85. The molecule has 0 bridgehead atoms. The summed E-state index contributed by atoms with van der Waals surface area (Å²) in [5.74, 6) is -0.221. The van der Waals surface area contributed by atoms with Crippen LogP contribution in [0.4, 0.5) is 0 Å². The van der Waals surface area contributed by atoms with Gasteiger partial charge in [0.2, 0.25) is 0 Å². The Bertz CT molecular complexity index is 957. The first-order valence-electron chi connectivity index (χ1n) is 9.81. The quantitative estimate of drug-likeness (QED) is 0.555. The highest BCUT2D eigenvalue weighted by Crippen LogP contribution is 2.21. The van der Waals surface area contributed by atoms with Crippen molar-refractivity contribution in [1.82, 2.24) is 5.32 Å². The zero-order chi connectivity index (χ0) is 21.2. The average molecular weight is 403 g/mol. The van der Waals surface area contributed by atoms with Gasteiger partial charge in [0.25, 0.3) is 5.91 Å². The first-order valence-corrected chi connectivity index (χ1v) is 9.81. The van der Waals surface area contributed by atoms with Crippen molar-refractivity contribution in [2.75, 3.05) is 13.7 Å². The van der Waals surface area contributed by atoms with E-state index in [2.05, 4.69) is 5.32 Å². The van der Waals surface area contributed by atoms with Crippen LogP contribution >= 0.6 is 0 Å². The number of para-hydroxylation sites is 1. The van der Waals surface area contributed by atoms with Gasteiger partial charge in [-0.2, -0.15) is 0 Å². The Morgan fingerprint density at radius 3 is 2.10 bits per heavy atom. The molecule has 3 aromatic carbocycles. The summed E-state index contributed by atoms with van der Waals surface area (Å²) in [6.45, 7) is -0.186. The third-order valence-corrected chi connectivity index (χ3v) is 4.67. The predicted molar refractivity (Wildman–Crippen MR) is 115 cm³/mol. The molecule has 1 N–H and O–H groups in total. The minimum atomic E-state index is -0.770. The number of amides is 1. The van der Waals surface area contributed by atoms with Gasteiger partial charge in [-0.1, -0.05) is 78.9 Å². The van der Waals surface area contributed by atoms with Crippen LogP contribution in [-0.4, -0.2) is 31.6 Å². The van der Waals surface area contributed by atoms with Gasteiger partial charge < -0.3 is 14.8 Å². The van der Waals surface area contributed by atoms with E-state index in [1.807, 2.05) is 84.9 Å². The fourth-order valence-corrected chi connectivity index (χ4v) is 3.17. The fraction of sp³-hybridized carbons (Fsp3) is 0.200. The molecule has 0 aliphatic carbocycles. The Labute approximate surface area is 176 Å². The number of benzene rings is 3. The topological polar surface area (TPSA) is 64.6 Å². The second-order valence-corrected chi connectivity index (χ2v) is 6.89. The van der Waals surface area contributed by atoms with Gasteiger partial charge in [0.05, 0.1) is 7.11 Å². The van der Waals surface area contributed by atoms with Crippen LogP contribution in [0.15, 0.2) is 84.9 Å². The van der Waals surface area contributed by atoms with E-state index < -0.39 is 12.0 Å². The molecular weight excluding hydrogens is 378 g/mol. The summed E-state index contributed by atoms with van der Waals surface area (Å²) >= 11 is 0. The van der Waals surface area contributed by atoms with E-state index in [0.717, 1.165) is 16.7 Å². The smallest absolute Gasteiger partial charge is 0.328 e. The lowest BCUT2D eigenvalue weighted by Crippen LogP contribution is -2.44. The molecule has 5 nitrogen and oxygen atoms in total. The van der Waals surface area contributed by atoms with Gasteiger partial charge in [0, 0.05) is 12.8 Å². The summed E-state index contributed by atoms with van der Waals surface area (Å²) < 4.78 is 10.6. The lowest BCUT2D eigenvalue weighted by molar-refractivity contribution is -0.145.